The van der Waals surface area contributed by atoms with Crippen molar-refractivity contribution in [2.24, 2.45) is 29.4 Å². The molecule has 73 heavy (non-hydrogen) atoms. The highest BCUT2D eigenvalue weighted by Crippen LogP contribution is 2.41. The number of carboxylic acids is 1. The maximum absolute atomic E-state index is 15.9. The average molecular weight is 1040 g/mol. The first-order valence-electron chi connectivity index (χ1n) is 24.6. The van der Waals surface area contributed by atoms with Gasteiger partial charge in [-0.05, 0) is 49.3 Å². The van der Waals surface area contributed by atoms with Gasteiger partial charge in [-0.3, -0.25) is 52.2 Å². The Morgan fingerprint density at radius 3 is 2.27 bits per heavy atom. The van der Waals surface area contributed by atoms with Gasteiger partial charge in [0.15, 0.2) is 17.3 Å². The van der Waals surface area contributed by atoms with Crippen molar-refractivity contribution in [3.05, 3.63) is 23.8 Å². The van der Waals surface area contributed by atoms with Crippen molar-refractivity contribution < 1.29 is 77.3 Å². The zero-order valence-corrected chi connectivity index (χ0v) is 41.8. The number of ether oxygens (including phenoxy) is 1. The number of ketones is 3. The lowest BCUT2D eigenvalue weighted by atomic mass is 9.82. The van der Waals surface area contributed by atoms with E-state index in [2.05, 4.69) is 31.6 Å². The molecule has 25 heteroatoms. The van der Waals surface area contributed by atoms with Crippen LogP contribution in [0.15, 0.2) is 23.2 Å². The van der Waals surface area contributed by atoms with Crippen LogP contribution in [0.2, 0.25) is 0 Å². The fraction of sp³-hybridized carbons (Fsp3) is 0.625. The summed E-state index contributed by atoms with van der Waals surface area (Å²) >= 11 is 0. The predicted octanol–water partition coefficient (Wildman–Crippen LogP) is -2.28. The largest absolute Gasteiger partial charge is 0.481 e. The van der Waals surface area contributed by atoms with Gasteiger partial charge in [-0.2, -0.15) is 0 Å². The summed E-state index contributed by atoms with van der Waals surface area (Å²) in [5.41, 5.74) is 3.76. The highest BCUT2D eigenvalue weighted by Gasteiger charge is 2.56. The molecule has 1 fully saturated rings. The van der Waals surface area contributed by atoms with Crippen molar-refractivity contribution in [1.82, 2.24) is 36.5 Å². The number of Topliss-reactive ketones (excluding diaryl/α,β-unsaturated/α-hetero) is 3. The van der Waals surface area contributed by atoms with E-state index in [1.807, 2.05) is 0 Å². The van der Waals surface area contributed by atoms with Gasteiger partial charge < -0.3 is 62.5 Å². The van der Waals surface area contributed by atoms with Gasteiger partial charge >= 0.3 is 5.97 Å². The monoisotopic (exact) mass is 1040 g/mol. The first-order valence-corrected chi connectivity index (χ1v) is 25.9. The smallest absolute Gasteiger partial charge is 0.303 e. The van der Waals surface area contributed by atoms with Crippen molar-refractivity contribution >= 4 is 80.5 Å². The summed E-state index contributed by atoms with van der Waals surface area (Å²) in [5.74, 6) is -14.9. The SMILES string of the molecule is CC[C@H](C)[C@@H]1NC(=O)CNC(=O)C2CC(=O)[C@H]([C@@H](C)[C@@H](O)CO)NC(=O)[C@@H]3CC(O)CN3C3(CCCCCC(=O)O)Oc4ccc5c(c([nH]c5c4)[S@](=O)CC(NC(=O)CNC1=O)C(=O)C[C@@H](CC(N)=O)C3=O)C2. The van der Waals surface area contributed by atoms with Crippen molar-refractivity contribution in [2.75, 3.05) is 32.0 Å². The number of rotatable bonds is 13. The molecule has 12 atom stereocenters. The maximum Gasteiger partial charge on any atom is 0.303 e. The summed E-state index contributed by atoms with van der Waals surface area (Å²) in [6.07, 6.45) is -6.01. The first kappa shape index (κ1) is 56.2. The number of primary amides is 1. The van der Waals surface area contributed by atoms with Gasteiger partial charge in [-0.15, -0.1) is 0 Å². The van der Waals surface area contributed by atoms with Gasteiger partial charge in [0.2, 0.25) is 41.2 Å². The summed E-state index contributed by atoms with van der Waals surface area (Å²) in [5, 5.41) is 55.0. The lowest BCUT2D eigenvalue weighted by Crippen LogP contribution is -2.65. The number of nitrogens with two attached hydrogens (primary N) is 1. The van der Waals surface area contributed by atoms with Crippen LogP contribution in [0.3, 0.4) is 0 Å². The molecule has 0 spiro atoms. The van der Waals surface area contributed by atoms with Crippen molar-refractivity contribution in [3.63, 3.8) is 0 Å². The molecule has 12 N–H and O–H groups in total. The Balaban J connectivity index is 1.67. The number of carbonyl (C=O) groups excluding carboxylic acids is 9. The molecule has 8 bridgehead atoms. The fourth-order valence-electron chi connectivity index (χ4n) is 10.1. The fourth-order valence-corrected chi connectivity index (χ4v) is 11.6. The van der Waals surface area contributed by atoms with E-state index in [1.54, 1.807) is 13.8 Å². The Labute approximate surface area is 422 Å². The number of hydrogen-bond acceptors (Lipinski definition) is 16. The maximum atomic E-state index is 15.9. The lowest BCUT2D eigenvalue weighted by Gasteiger charge is -2.45. The minimum absolute atomic E-state index is 0.0307. The molecule has 1 aromatic heterocycles. The van der Waals surface area contributed by atoms with Crippen LogP contribution in [0.5, 0.6) is 5.75 Å². The second-order valence-corrected chi connectivity index (χ2v) is 21.0. The zero-order valence-electron chi connectivity index (χ0n) is 40.9. The summed E-state index contributed by atoms with van der Waals surface area (Å²) in [4.78, 5) is 145. The quantitative estimate of drug-likeness (QED) is 0.0942. The minimum atomic E-state index is -2.40. The number of amides is 6. The zero-order chi connectivity index (χ0) is 53.5. The lowest BCUT2D eigenvalue weighted by molar-refractivity contribution is -0.168. The molecular formula is C48H66N8O16S. The molecule has 1 aromatic carbocycles. The van der Waals surface area contributed by atoms with Crippen molar-refractivity contribution in [2.45, 2.75) is 139 Å². The van der Waals surface area contributed by atoms with Gasteiger partial charge in [0.05, 0.1) is 72.1 Å². The molecule has 1 saturated heterocycles. The van der Waals surface area contributed by atoms with Gasteiger partial charge in [0.1, 0.15) is 16.8 Å². The highest BCUT2D eigenvalue weighted by atomic mass is 32.2. The van der Waals surface area contributed by atoms with Crippen LogP contribution < -0.4 is 37.1 Å². The van der Waals surface area contributed by atoms with Crippen LogP contribution in [0.25, 0.3) is 10.9 Å². The van der Waals surface area contributed by atoms with E-state index < -0.39 is 193 Å². The molecule has 0 radical (unpaired) electrons. The number of fused-ring (bicyclic) bond motifs is 7. The molecule has 2 aromatic rings. The van der Waals surface area contributed by atoms with Crippen molar-refractivity contribution in [3.8, 4) is 5.75 Å². The third-order valence-electron chi connectivity index (χ3n) is 14.4. The normalized spacial score (nSPS) is 29.4. The van der Waals surface area contributed by atoms with E-state index in [-0.39, 0.29) is 60.4 Å². The average Bonchev–Trinajstić information content (AvgIpc) is 3.92. The second-order valence-electron chi connectivity index (χ2n) is 19.6. The van der Waals surface area contributed by atoms with E-state index in [9.17, 15) is 67.8 Å². The number of aliphatic carboxylic acids is 1. The van der Waals surface area contributed by atoms with Gasteiger partial charge in [0.25, 0.3) is 0 Å². The Morgan fingerprint density at radius 2 is 1.60 bits per heavy atom. The number of aromatic amines is 1. The number of aliphatic hydroxyl groups is 3. The number of benzene rings is 1. The second kappa shape index (κ2) is 24.3. The van der Waals surface area contributed by atoms with Crippen LogP contribution in [-0.4, -0.2) is 167 Å². The number of H-pyrrole nitrogens is 1. The van der Waals surface area contributed by atoms with Crippen molar-refractivity contribution in [1.29, 1.82) is 0 Å². The Hall–Kier alpha value is -6.15. The van der Waals surface area contributed by atoms with Gasteiger partial charge in [-0.25, -0.2) is 4.90 Å². The number of unbranched alkanes of at least 4 members (excludes halogenated alkanes) is 2. The number of aromatic nitrogens is 1. The summed E-state index contributed by atoms with van der Waals surface area (Å²) in [6.45, 7) is 2.01. The Bertz CT molecular complexity index is 2520. The van der Waals surface area contributed by atoms with Crippen LogP contribution in [0.4, 0.5) is 0 Å². The number of carboxylic acid groups (broad SMARTS) is 1. The van der Waals surface area contributed by atoms with Crippen LogP contribution in [-0.2, 0) is 65.2 Å². The summed E-state index contributed by atoms with van der Waals surface area (Å²) < 4.78 is 21.7. The van der Waals surface area contributed by atoms with E-state index in [1.165, 1.54) is 30.0 Å². The van der Waals surface area contributed by atoms with E-state index in [0.717, 1.165) is 0 Å². The number of carbonyl (C=O) groups is 10. The van der Waals surface area contributed by atoms with Crippen LogP contribution in [0.1, 0.15) is 90.5 Å². The van der Waals surface area contributed by atoms with Crippen LogP contribution >= 0.6 is 0 Å². The standard InChI is InChI=1S/C48H66N8O16S/c1-4-23(2)41-46(70)51-18-38(63)52-32-22-73(71)47-30-12-26(44(68)50-19-39(64)54-41)14-35(60)42(24(3)36(61)21-57)55-45(69)33-16-27(58)20-56(33)48(11-7-5-6-8-40(65)66,43(67)25(13-34(32)59)15-37(49)62)72-28-9-10-29(30)31(17-28)53-47/h9-10,17,23-27,32-33,36,41-42,53,57-58,61H,4-8,11-16,18-22H2,1-3H3,(H2,49,62)(H,50,68)(H,51,70)(H,52,63)(H,54,64)(H,55,69)(H,65,66)/t23-,24-,25-,26?,27?,32?,33-,36-,41-,42-,48?,73+/m0/s1. The Kier molecular flexibility index (Phi) is 18.7. The number of aliphatic hydroxyl groups excluding tert-OH is 3. The molecule has 400 valence electrons. The first-order chi connectivity index (χ1) is 34.6. The van der Waals surface area contributed by atoms with E-state index >= 15 is 4.79 Å². The topological polar surface area (TPSA) is 383 Å². The third kappa shape index (κ3) is 13.2. The third-order valence-corrected chi connectivity index (χ3v) is 15.8. The summed E-state index contributed by atoms with van der Waals surface area (Å²) in [7, 11) is -2.31. The van der Waals surface area contributed by atoms with Crippen LogP contribution in [0, 0.1) is 23.7 Å². The molecule has 6 rings (SSSR count). The molecule has 4 aliphatic heterocycles. The molecule has 6 amide bonds. The predicted molar refractivity (Wildman–Crippen MR) is 257 cm³/mol. The summed E-state index contributed by atoms with van der Waals surface area (Å²) in [6, 6.07) is -1.75. The van der Waals surface area contributed by atoms with Gasteiger partial charge in [-0.1, -0.05) is 33.6 Å². The Morgan fingerprint density at radius 1 is 0.904 bits per heavy atom. The molecule has 4 aliphatic rings. The molecule has 24 nitrogen and oxygen atoms in total. The minimum Gasteiger partial charge on any atom is -0.481 e. The molecule has 4 unspecified atom stereocenters. The molecule has 5 heterocycles. The van der Waals surface area contributed by atoms with E-state index in [0.29, 0.717) is 11.8 Å². The highest BCUT2D eigenvalue weighted by molar-refractivity contribution is 7.85. The number of nitrogens with zero attached hydrogens (tertiary/aromatic N) is 1. The number of nitrogens with one attached hydrogen (secondary N) is 6. The number of hydrogen-bond donors (Lipinski definition) is 11. The molecule has 0 saturated carbocycles. The van der Waals surface area contributed by atoms with E-state index in [4.69, 9.17) is 10.5 Å². The molecule has 0 aliphatic carbocycles. The molecular weight excluding hydrogens is 977 g/mol. The van der Waals surface area contributed by atoms with Gasteiger partial charge in [0, 0.05) is 67.9 Å².